The van der Waals surface area contributed by atoms with E-state index in [0.717, 1.165) is 62.3 Å². The fourth-order valence-corrected chi connectivity index (χ4v) is 3.35. The predicted octanol–water partition coefficient (Wildman–Crippen LogP) is 2.98. The van der Waals surface area contributed by atoms with E-state index < -0.39 is 0 Å². The van der Waals surface area contributed by atoms with Crippen molar-refractivity contribution in [3.63, 3.8) is 0 Å². The van der Waals surface area contributed by atoms with E-state index in [1.807, 2.05) is 11.6 Å². The second kappa shape index (κ2) is 10.1. The zero-order valence-corrected chi connectivity index (χ0v) is 16.9. The van der Waals surface area contributed by atoms with Crippen molar-refractivity contribution in [2.24, 2.45) is 5.41 Å². The average molecular weight is 366 g/mol. The van der Waals surface area contributed by atoms with Crippen molar-refractivity contribution in [1.29, 1.82) is 0 Å². The molecular formula is C20H35N3O3. The quantitative estimate of drug-likeness (QED) is 0.755. The van der Waals surface area contributed by atoms with E-state index in [0.29, 0.717) is 26.3 Å². The molecule has 1 aliphatic heterocycles. The number of nitrogens with one attached hydrogen (secondary N) is 1. The maximum atomic E-state index is 12.8. The van der Waals surface area contributed by atoms with Crippen LogP contribution in [0, 0.1) is 5.41 Å². The van der Waals surface area contributed by atoms with Crippen LogP contribution >= 0.6 is 0 Å². The minimum atomic E-state index is -0.0188. The van der Waals surface area contributed by atoms with Crippen LogP contribution in [0.4, 0.5) is 0 Å². The Kier molecular flexibility index (Phi) is 8.10. The average Bonchev–Trinajstić information content (AvgIpc) is 2.91. The Balaban J connectivity index is 2.27. The number of nitrogens with zero attached hydrogens (tertiary/aromatic N) is 2. The molecular weight excluding hydrogens is 330 g/mol. The number of aromatic nitrogens is 2. The van der Waals surface area contributed by atoms with Gasteiger partial charge in [-0.15, -0.1) is 0 Å². The van der Waals surface area contributed by atoms with Gasteiger partial charge in [0.1, 0.15) is 5.69 Å². The van der Waals surface area contributed by atoms with Gasteiger partial charge in [-0.05, 0) is 44.4 Å². The van der Waals surface area contributed by atoms with E-state index >= 15 is 0 Å². The van der Waals surface area contributed by atoms with Gasteiger partial charge in [-0.1, -0.05) is 20.8 Å². The zero-order chi connectivity index (χ0) is 19.0. The van der Waals surface area contributed by atoms with Gasteiger partial charge in [-0.25, -0.2) is 0 Å². The van der Waals surface area contributed by atoms with Crippen LogP contribution in [-0.4, -0.2) is 48.7 Å². The summed E-state index contributed by atoms with van der Waals surface area (Å²) in [6.45, 7) is 12.8. The second-order valence-corrected chi connectivity index (χ2v) is 7.81. The highest BCUT2D eigenvalue weighted by molar-refractivity contribution is 5.94. The Morgan fingerprint density at radius 1 is 1.27 bits per heavy atom. The Morgan fingerprint density at radius 2 is 2.04 bits per heavy atom. The number of carbonyl (C=O) groups is 1. The summed E-state index contributed by atoms with van der Waals surface area (Å²) in [6.07, 6.45) is 4.41. The van der Waals surface area contributed by atoms with Crippen LogP contribution in [0.5, 0.6) is 0 Å². The summed E-state index contributed by atoms with van der Waals surface area (Å²) in [5.74, 6) is -0.0115. The molecule has 0 saturated heterocycles. The summed E-state index contributed by atoms with van der Waals surface area (Å²) in [4.78, 5) is 12.8. The van der Waals surface area contributed by atoms with Gasteiger partial charge in [0.15, 0.2) is 0 Å². The van der Waals surface area contributed by atoms with Crippen molar-refractivity contribution < 1.29 is 14.3 Å². The monoisotopic (exact) mass is 365 g/mol. The highest BCUT2D eigenvalue weighted by Gasteiger charge is 2.27. The maximum absolute atomic E-state index is 12.8. The molecule has 0 saturated carbocycles. The first-order valence-corrected chi connectivity index (χ1v) is 10.0. The van der Waals surface area contributed by atoms with Crippen LogP contribution in [-0.2, 0) is 28.9 Å². The van der Waals surface area contributed by atoms with Crippen LogP contribution in [0.3, 0.4) is 0 Å². The first-order chi connectivity index (χ1) is 12.5. The summed E-state index contributed by atoms with van der Waals surface area (Å²) in [5, 5.41) is 7.83. The lowest BCUT2D eigenvalue weighted by molar-refractivity contribution is 0.0621. The molecule has 1 N–H and O–H groups in total. The van der Waals surface area contributed by atoms with Gasteiger partial charge in [-0.2, -0.15) is 5.10 Å². The summed E-state index contributed by atoms with van der Waals surface area (Å²) in [6, 6.07) is 0. The molecule has 26 heavy (non-hydrogen) atoms. The third-order valence-corrected chi connectivity index (χ3v) is 4.60. The Labute approximate surface area is 157 Å². The molecule has 1 aromatic rings. The molecule has 1 aromatic heterocycles. The fourth-order valence-electron chi connectivity index (χ4n) is 3.35. The summed E-state index contributed by atoms with van der Waals surface area (Å²) in [7, 11) is 0. The van der Waals surface area contributed by atoms with Crippen molar-refractivity contribution in [2.45, 2.75) is 66.3 Å². The SMILES string of the molecule is CCCOCC(C)(C)Cc1nn(CC)c2c1CCCOCCCNC2=O. The number of hydrogen-bond donors (Lipinski definition) is 1. The highest BCUT2D eigenvalue weighted by Crippen LogP contribution is 2.27. The van der Waals surface area contributed by atoms with E-state index in [1.54, 1.807) is 0 Å². The molecule has 0 unspecified atom stereocenters. The van der Waals surface area contributed by atoms with Crippen molar-refractivity contribution in [3.8, 4) is 0 Å². The number of rotatable bonds is 7. The largest absolute Gasteiger partial charge is 0.381 e. The number of hydrogen-bond acceptors (Lipinski definition) is 4. The van der Waals surface area contributed by atoms with Crippen molar-refractivity contribution in [2.75, 3.05) is 33.0 Å². The summed E-state index contributed by atoms with van der Waals surface area (Å²) < 4.78 is 13.3. The van der Waals surface area contributed by atoms with E-state index in [2.05, 4.69) is 26.1 Å². The highest BCUT2D eigenvalue weighted by atomic mass is 16.5. The van der Waals surface area contributed by atoms with Crippen LogP contribution in [0.25, 0.3) is 0 Å². The van der Waals surface area contributed by atoms with Crippen LogP contribution in [0.1, 0.15) is 68.7 Å². The predicted molar refractivity (Wildman–Crippen MR) is 103 cm³/mol. The van der Waals surface area contributed by atoms with E-state index in [1.165, 1.54) is 0 Å². The standard InChI is InChI=1S/C20H35N3O3/c1-5-11-26-15-20(3,4)14-17-16-9-7-12-25-13-8-10-21-19(24)18(16)23(6-2)22-17/h5-15H2,1-4H3,(H,21,24). The third kappa shape index (κ3) is 5.81. The Bertz CT molecular complexity index is 581. The molecule has 1 amide bonds. The minimum absolute atomic E-state index is 0.0115. The second-order valence-electron chi connectivity index (χ2n) is 7.81. The van der Waals surface area contributed by atoms with Gasteiger partial charge in [0, 0.05) is 38.5 Å². The number of ether oxygens (including phenoxy) is 2. The topological polar surface area (TPSA) is 65.4 Å². The van der Waals surface area contributed by atoms with E-state index in [-0.39, 0.29) is 11.3 Å². The number of amides is 1. The maximum Gasteiger partial charge on any atom is 0.269 e. The Hall–Kier alpha value is -1.40. The molecule has 6 nitrogen and oxygen atoms in total. The van der Waals surface area contributed by atoms with Gasteiger partial charge in [-0.3, -0.25) is 9.48 Å². The summed E-state index contributed by atoms with van der Waals surface area (Å²) in [5.41, 5.74) is 2.82. The molecule has 6 heteroatoms. The van der Waals surface area contributed by atoms with Crippen molar-refractivity contribution in [3.05, 3.63) is 17.0 Å². The van der Waals surface area contributed by atoms with E-state index in [9.17, 15) is 4.79 Å². The van der Waals surface area contributed by atoms with Crippen LogP contribution in [0.15, 0.2) is 0 Å². The molecule has 0 aromatic carbocycles. The lowest BCUT2D eigenvalue weighted by Gasteiger charge is -2.24. The number of aryl methyl sites for hydroxylation is 1. The van der Waals surface area contributed by atoms with E-state index in [4.69, 9.17) is 14.6 Å². The van der Waals surface area contributed by atoms with Gasteiger partial charge in [0.25, 0.3) is 5.91 Å². The molecule has 0 fully saturated rings. The summed E-state index contributed by atoms with van der Waals surface area (Å²) >= 11 is 0. The van der Waals surface area contributed by atoms with Gasteiger partial charge >= 0.3 is 0 Å². The lowest BCUT2D eigenvalue weighted by atomic mass is 9.86. The molecule has 2 heterocycles. The lowest BCUT2D eigenvalue weighted by Crippen LogP contribution is -2.28. The van der Waals surface area contributed by atoms with Crippen molar-refractivity contribution in [1.82, 2.24) is 15.1 Å². The molecule has 0 atom stereocenters. The van der Waals surface area contributed by atoms with Crippen LogP contribution < -0.4 is 5.32 Å². The normalized spacial score (nSPS) is 16.7. The molecule has 2 rings (SSSR count). The Morgan fingerprint density at radius 3 is 2.77 bits per heavy atom. The first-order valence-electron chi connectivity index (χ1n) is 10.0. The van der Waals surface area contributed by atoms with Crippen LogP contribution in [0.2, 0.25) is 0 Å². The number of fused-ring (bicyclic) bond motifs is 1. The number of carbonyl (C=O) groups excluding carboxylic acids is 1. The van der Waals surface area contributed by atoms with Crippen molar-refractivity contribution >= 4 is 5.91 Å². The molecule has 1 aliphatic rings. The van der Waals surface area contributed by atoms with Gasteiger partial charge in [0.2, 0.25) is 0 Å². The molecule has 148 valence electrons. The third-order valence-electron chi connectivity index (χ3n) is 4.60. The molecule has 0 spiro atoms. The fraction of sp³-hybridized carbons (Fsp3) is 0.800. The van der Waals surface area contributed by atoms with Gasteiger partial charge in [0.05, 0.1) is 12.3 Å². The molecule has 0 radical (unpaired) electrons. The molecule has 0 aliphatic carbocycles. The minimum Gasteiger partial charge on any atom is -0.381 e. The molecule has 0 bridgehead atoms. The zero-order valence-electron chi connectivity index (χ0n) is 16.9. The first kappa shape index (κ1) is 20.9. The van der Waals surface area contributed by atoms with Gasteiger partial charge < -0.3 is 14.8 Å². The smallest absolute Gasteiger partial charge is 0.269 e.